The normalized spacial score (nSPS) is 18.9. The van der Waals surface area contributed by atoms with E-state index in [9.17, 15) is 13.6 Å². The van der Waals surface area contributed by atoms with Crippen molar-refractivity contribution in [2.75, 3.05) is 38.0 Å². The molecule has 3 aromatic rings. The average molecular weight is 527 g/mol. The zero-order valence-corrected chi connectivity index (χ0v) is 21.9. The van der Waals surface area contributed by atoms with E-state index in [0.29, 0.717) is 5.69 Å². The van der Waals surface area contributed by atoms with Gasteiger partial charge in [0.2, 0.25) is 5.91 Å². The molecule has 2 fully saturated rings. The summed E-state index contributed by atoms with van der Waals surface area (Å²) in [5, 5.41) is 2.71. The van der Waals surface area contributed by atoms with Gasteiger partial charge in [-0.25, -0.2) is 13.6 Å². The third-order valence-electron chi connectivity index (χ3n) is 8.55. The van der Waals surface area contributed by atoms with Crippen LogP contribution in [0.25, 0.3) is 16.0 Å². The molecule has 1 saturated heterocycles. The van der Waals surface area contributed by atoms with Gasteiger partial charge in [-0.05, 0) is 78.5 Å². The fourth-order valence-corrected chi connectivity index (χ4v) is 6.42. The molecule has 0 aromatic heterocycles. The minimum absolute atomic E-state index is 0.134. The predicted octanol–water partition coefficient (Wildman–Crippen LogP) is 6.38. The molecule has 0 unspecified atom stereocenters. The molecule has 2 aliphatic heterocycles. The van der Waals surface area contributed by atoms with Gasteiger partial charge in [0.25, 0.3) is 0 Å². The summed E-state index contributed by atoms with van der Waals surface area (Å²) in [6.45, 7) is 11.4. The van der Waals surface area contributed by atoms with Crippen molar-refractivity contribution in [3.8, 4) is 11.1 Å². The van der Waals surface area contributed by atoms with Crippen LogP contribution in [-0.2, 0) is 16.8 Å². The molecule has 1 aliphatic carbocycles. The lowest BCUT2D eigenvalue weighted by atomic mass is 9.73. The van der Waals surface area contributed by atoms with E-state index < -0.39 is 11.6 Å². The quantitative estimate of drug-likeness (QED) is 0.379. The van der Waals surface area contributed by atoms with Crippen LogP contribution in [0.15, 0.2) is 60.7 Å². The molecule has 39 heavy (non-hydrogen) atoms. The Kier molecular flexibility index (Phi) is 6.92. The Bertz CT molecular complexity index is 1420. The molecule has 3 aromatic carbocycles. The van der Waals surface area contributed by atoms with Crippen molar-refractivity contribution < 1.29 is 13.6 Å². The summed E-state index contributed by atoms with van der Waals surface area (Å²) in [6.07, 6.45) is 5.33. The number of halogens is 2. The van der Waals surface area contributed by atoms with Crippen LogP contribution < -0.4 is 5.32 Å². The van der Waals surface area contributed by atoms with Crippen molar-refractivity contribution in [2.45, 2.75) is 37.6 Å². The molecule has 1 saturated carbocycles. The van der Waals surface area contributed by atoms with Crippen LogP contribution in [0, 0.1) is 24.1 Å². The van der Waals surface area contributed by atoms with Gasteiger partial charge < -0.3 is 10.2 Å². The smallest absolute Gasteiger partial charge is 0.238 e. The summed E-state index contributed by atoms with van der Waals surface area (Å²) in [4.78, 5) is 21.6. The molecular formula is C32H32F2N4O. The van der Waals surface area contributed by atoms with Crippen LogP contribution in [0.5, 0.6) is 0 Å². The summed E-state index contributed by atoms with van der Waals surface area (Å²) in [5.41, 5.74) is 5.18. The van der Waals surface area contributed by atoms with Crippen LogP contribution in [0.2, 0.25) is 0 Å². The number of carbonyl (C=O) groups excluding carboxylic acids is 1. The minimum Gasteiger partial charge on any atom is -0.325 e. The number of benzene rings is 3. The largest absolute Gasteiger partial charge is 0.325 e. The van der Waals surface area contributed by atoms with Crippen molar-refractivity contribution in [3.63, 3.8) is 0 Å². The van der Waals surface area contributed by atoms with Gasteiger partial charge in [-0.3, -0.25) is 9.69 Å². The van der Waals surface area contributed by atoms with E-state index in [1.807, 2.05) is 24.3 Å². The molecule has 0 radical (unpaired) electrons. The topological polar surface area (TPSA) is 39.9 Å². The molecule has 1 amide bonds. The predicted molar refractivity (Wildman–Crippen MR) is 148 cm³/mol. The van der Waals surface area contributed by atoms with Gasteiger partial charge in [-0.15, -0.1) is 0 Å². The van der Waals surface area contributed by atoms with Gasteiger partial charge in [-0.2, -0.15) is 0 Å². The van der Waals surface area contributed by atoms with E-state index in [0.717, 1.165) is 80.7 Å². The number of fused-ring (bicyclic) bond motifs is 2. The maximum absolute atomic E-state index is 13.7. The number of anilines is 1. The highest BCUT2D eigenvalue weighted by molar-refractivity contribution is 5.92. The first kappa shape index (κ1) is 25.7. The number of hydrogen-bond donors (Lipinski definition) is 1. The van der Waals surface area contributed by atoms with Crippen molar-refractivity contribution in [3.05, 3.63) is 94.8 Å². The second-order valence-corrected chi connectivity index (χ2v) is 11.2. The van der Waals surface area contributed by atoms with Crippen LogP contribution in [0.3, 0.4) is 0 Å². The number of hydrogen-bond acceptors (Lipinski definition) is 3. The van der Waals surface area contributed by atoms with E-state index in [4.69, 9.17) is 6.57 Å². The second-order valence-electron chi connectivity index (χ2n) is 11.2. The Morgan fingerprint density at radius 3 is 2.44 bits per heavy atom. The first-order chi connectivity index (χ1) is 18.9. The molecule has 0 bridgehead atoms. The van der Waals surface area contributed by atoms with E-state index in [1.165, 1.54) is 24.0 Å². The first-order valence-electron chi connectivity index (χ1n) is 13.8. The maximum Gasteiger partial charge on any atom is 0.238 e. The number of nitrogens with one attached hydrogen (secondary N) is 1. The molecular weight excluding hydrogens is 494 g/mol. The van der Waals surface area contributed by atoms with E-state index in [1.54, 1.807) is 0 Å². The van der Waals surface area contributed by atoms with Gasteiger partial charge in [0.05, 0.1) is 13.1 Å². The monoisotopic (exact) mass is 526 g/mol. The van der Waals surface area contributed by atoms with E-state index in [-0.39, 0.29) is 23.7 Å². The number of nitrogens with zero attached hydrogens (tertiary/aromatic N) is 3. The van der Waals surface area contributed by atoms with Crippen molar-refractivity contribution in [2.24, 2.45) is 5.92 Å². The lowest BCUT2D eigenvalue weighted by Gasteiger charge is -2.52. The summed E-state index contributed by atoms with van der Waals surface area (Å²) in [7, 11) is 0. The van der Waals surface area contributed by atoms with Crippen molar-refractivity contribution in [1.29, 1.82) is 0 Å². The van der Waals surface area contributed by atoms with Crippen molar-refractivity contribution in [1.82, 2.24) is 9.80 Å². The summed E-state index contributed by atoms with van der Waals surface area (Å²) >= 11 is 0. The number of likely N-dealkylation sites (tertiary alicyclic amines) is 1. The average Bonchev–Trinajstić information content (AvgIpc) is 3.75. The molecule has 7 heteroatoms. The zero-order valence-electron chi connectivity index (χ0n) is 21.9. The fraction of sp³-hybridized carbons (Fsp3) is 0.375. The minimum atomic E-state index is -0.713. The highest BCUT2D eigenvalue weighted by Crippen LogP contribution is 2.45. The van der Waals surface area contributed by atoms with Gasteiger partial charge in [-0.1, -0.05) is 36.4 Å². The van der Waals surface area contributed by atoms with Crippen molar-refractivity contribution >= 4 is 17.3 Å². The third kappa shape index (κ3) is 5.45. The standard InChI is InChI=1S/C32H32F2N4O/c1-35-28-4-2-3-23(16-28)24-7-8-30-25(15-24)9-12-38(21-31(39)36-29-18-26(33)17-27(34)19-29)32(30)10-13-37(14-11-32)20-22-5-6-22/h2-4,7-8,15-19,22H,5-6,9-14,20-21H2,(H,36,39). The molecule has 6 rings (SSSR count). The van der Waals surface area contributed by atoms with Gasteiger partial charge in [0.15, 0.2) is 5.69 Å². The van der Waals surface area contributed by atoms with Gasteiger partial charge in [0, 0.05) is 43.5 Å². The number of carbonyl (C=O) groups is 1. The van der Waals surface area contributed by atoms with Crippen LogP contribution in [-0.4, -0.2) is 48.4 Å². The first-order valence-corrected chi connectivity index (χ1v) is 13.8. The van der Waals surface area contributed by atoms with Gasteiger partial charge >= 0.3 is 0 Å². The number of rotatable bonds is 6. The molecule has 3 aliphatic rings. The Morgan fingerprint density at radius 2 is 1.72 bits per heavy atom. The lowest BCUT2D eigenvalue weighted by molar-refractivity contribution is -0.120. The highest BCUT2D eigenvalue weighted by atomic mass is 19.1. The summed E-state index contributed by atoms with van der Waals surface area (Å²) in [5.74, 6) is -0.861. The van der Waals surface area contributed by atoms with E-state index >= 15 is 0 Å². The Morgan fingerprint density at radius 1 is 0.974 bits per heavy atom. The summed E-state index contributed by atoms with van der Waals surface area (Å²) in [6, 6.07) is 17.4. The van der Waals surface area contributed by atoms with E-state index in [2.05, 4.69) is 38.2 Å². The fourth-order valence-electron chi connectivity index (χ4n) is 6.42. The van der Waals surface area contributed by atoms with Gasteiger partial charge in [0.1, 0.15) is 11.6 Å². The maximum atomic E-state index is 13.7. The highest BCUT2D eigenvalue weighted by Gasteiger charge is 2.45. The van der Waals surface area contributed by atoms with Crippen LogP contribution in [0.4, 0.5) is 20.2 Å². The summed E-state index contributed by atoms with van der Waals surface area (Å²) < 4.78 is 27.4. The van der Waals surface area contributed by atoms with Crippen LogP contribution >= 0.6 is 0 Å². The number of amides is 1. The SMILES string of the molecule is [C-]#[N+]c1cccc(-c2ccc3c(c2)CCN(CC(=O)Nc2cc(F)cc(F)c2)C32CCN(CC3CC3)CC2)c1. The number of piperidine rings is 1. The molecule has 0 atom stereocenters. The zero-order chi connectivity index (χ0) is 27.0. The molecule has 1 N–H and O–H groups in total. The molecule has 1 spiro atoms. The molecule has 2 heterocycles. The second kappa shape index (κ2) is 10.5. The Hall–Kier alpha value is -3.60. The Balaban J connectivity index is 1.28. The molecule has 200 valence electrons. The lowest BCUT2D eigenvalue weighted by Crippen LogP contribution is -2.58. The molecule has 5 nitrogen and oxygen atoms in total. The Labute approximate surface area is 228 Å². The van der Waals surface area contributed by atoms with Crippen LogP contribution in [0.1, 0.15) is 36.8 Å². The third-order valence-corrected chi connectivity index (χ3v) is 8.55.